The summed E-state index contributed by atoms with van der Waals surface area (Å²) in [5.74, 6) is 0.261. The molecule has 1 heterocycles. The second-order valence-corrected chi connectivity index (χ2v) is 7.31. The lowest BCUT2D eigenvalue weighted by Gasteiger charge is -2.26. The van der Waals surface area contributed by atoms with Gasteiger partial charge in [-0.05, 0) is 48.6 Å². The SMILES string of the molecule is CCCCCCC(C)(C)c1ccc(-c2ccc(C(=O)OCC)o2)c(O)c1. The Morgan fingerprint density at radius 2 is 1.88 bits per heavy atom. The van der Waals surface area contributed by atoms with Crippen LogP contribution in [-0.2, 0) is 10.2 Å². The monoisotopic (exact) mass is 358 g/mol. The topological polar surface area (TPSA) is 59.7 Å². The van der Waals surface area contributed by atoms with E-state index in [1.165, 1.54) is 25.7 Å². The van der Waals surface area contributed by atoms with Gasteiger partial charge in [-0.25, -0.2) is 4.79 Å². The number of ether oxygens (including phenoxy) is 1. The van der Waals surface area contributed by atoms with Crippen LogP contribution < -0.4 is 0 Å². The number of aromatic hydroxyl groups is 1. The Kier molecular flexibility index (Phi) is 6.90. The molecule has 26 heavy (non-hydrogen) atoms. The van der Waals surface area contributed by atoms with E-state index < -0.39 is 5.97 Å². The first-order valence-electron chi connectivity index (χ1n) is 9.50. The molecule has 2 aromatic rings. The van der Waals surface area contributed by atoms with Crippen LogP contribution in [-0.4, -0.2) is 17.7 Å². The first kappa shape index (κ1) is 20.1. The average Bonchev–Trinajstić information content (AvgIpc) is 3.09. The van der Waals surface area contributed by atoms with Gasteiger partial charge in [0.25, 0.3) is 0 Å². The van der Waals surface area contributed by atoms with E-state index in [0.29, 0.717) is 17.9 Å². The highest BCUT2D eigenvalue weighted by atomic mass is 16.5. The van der Waals surface area contributed by atoms with Gasteiger partial charge in [-0.15, -0.1) is 0 Å². The minimum Gasteiger partial charge on any atom is -0.507 e. The molecule has 0 saturated heterocycles. The predicted octanol–water partition coefficient (Wildman–Crippen LogP) is 6.08. The van der Waals surface area contributed by atoms with E-state index in [0.717, 1.165) is 12.0 Å². The highest BCUT2D eigenvalue weighted by Gasteiger charge is 2.22. The molecule has 0 atom stereocenters. The lowest BCUT2D eigenvalue weighted by Crippen LogP contribution is -2.16. The van der Waals surface area contributed by atoms with Gasteiger partial charge in [0, 0.05) is 0 Å². The fraction of sp³-hybridized carbons (Fsp3) is 0.500. The number of hydrogen-bond donors (Lipinski definition) is 1. The van der Waals surface area contributed by atoms with Gasteiger partial charge in [-0.3, -0.25) is 0 Å². The minimum absolute atomic E-state index is 0.00298. The lowest BCUT2D eigenvalue weighted by atomic mass is 9.79. The Bertz CT molecular complexity index is 727. The van der Waals surface area contributed by atoms with Crippen LogP contribution in [0.2, 0.25) is 0 Å². The molecule has 0 saturated carbocycles. The summed E-state index contributed by atoms with van der Waals surface area (Å²) >= 11 is 0. The number of unbranched alkanes of at least 4 members (excludes halogenated alkanes) is 3. The fourth-order valence-electron chi connectivity index (χ4n) is 3.09. The molecule has 142 valence electrons. The molecule has 0 aliphatic carbocycles. The van der Waals surface area contributed by atoms with E-state index in [1.54, 1.807) is 19.1 Å². The van der Waals surface area contributed by atoms with Crippen LogP contribution in [0.3, 0.4) is 0 Å². The number of furan rings is 1. The summed E-state index contributed by atoms with van der Waals surface area (Å²) in [7, 11) is 0. The zero-order chi connectivity index (χ0) is 19.2. The van der Waals surface area contributed by atoms with Crippen molar-refractivity contribution in [2.45, 2.75) is 65.2 Å². The number of esters is 1. The van der Waals surface area contributed by atoms with E-state index in [1.807, 2.05) is 18.2 Å². The molecule has 1 aromatic heterocycles. The molecule has 0 amide bonds. The molecule has 0 fully saturated rings. The van der Waals surface area contributed by atoms with Crippen molar-refractivity contribution in [1.29, 1.82) is 0 Å². The number of phenols is 1. The van der Waals surface area contributed by atoms with Crippen LogP contribution in [0.25, 0.3) is 11.3 Å². The molecule has 0 radical (unpaired) electrons. The van der Waals surface area contributed by atoms with Crippen LogP contribution >= 0.6 is 0 Å². The number of phenolic OH excluding ortho intramolecular Hbond substituents is 1. The number of rotatable bonds is 9. The van der Waals surface area contributed by atoms with Crippen molar-refractivity contribution in [3.63, 3.8) is 0 Å². The summed E-state index contributed by atoms with van der Waals surface area (Å²) in [6.07, 6.45) is 6.01. The molecule has 0 aliphatic heterocycles. The highest BCUT2D eigenvalue weighted by molar-refractivity contribution is 5.87. The van der Waals surface area contributed by atoms with Crippen molar-refractivity contribution >= 4 is 5.97 Å². The Morgan fingerprint density at radius 1 is 1.12 bits per heavy atom. The number of carbonyl (C=O) groups is 1. The highest BCUT2D eigenvalue weighted by Crippen LogP contribution is 2.37. The molecule has 0 unspecified atom stereocenters. The maximum atomic E-state index is 11.7. The summed E-state index contributed by atoms with van der Waals surface area (Å²) in [6.45, 7) is 8.67. The molecule has 1 N–H and O–H groups in total. The first-order chi connectivity index (χ1) is 12.4. The van der Waals surface area contributed by atoms with Crippen molar-refractivity contribution in [2.75, 3.05) is 6.61 Å². The quantitative estimate of drug-likeness (QED) is 0.436. The zero-order valence-electron chi connectivity index (χ0n) is 16.3. The minimum atomic E-state index is -0.497. The maximum Gasteiger partial charge on any atom is 0.374 e. The molecule has 1 aromatic carbocycles. The molecule has 0 aliphatic rings. The van der Waals surface area contributed by atoms with Crippen LogP contribution in [0, 0.1) is 0 Å². The van der Waals surface area contributed by atoms with Gasteiger partial charge in [0.05, 0.1) is 12.2 Å². The molecule has 0 bridgehead atoms. The largest absolute Gasteiger partial charge is 0.507 e. The Hall–Kier alpha value is -2.23. The van der Waals surface area contributed by atoms with Crippen molar-refractivity contribution in [1.82, 2.24) is 0 Å². The summed E-state index contributed by atoms with van der Waals surface area (Å²) in [5.41, 5.74) is 1.68. The van der Waals surface area contributed by atoms with Crippen molar-refractivity contribution in [3.05, 3.63) is 41.7 Å². The van der Waals surface area contributed by atoms with Crippen LogP contribution in [0.15, 0.2) is 34.7 Å². The maximum absolute atomic E-state index is 11.7. The Labute approximate surface area is 156 Å². The molecule has 0 spiro atoms. The van der Waals surface area contributed by atoms with Gasteiger partial charge in [0.15, 0.2) is 0 Å². The van der Waals surface area contributed by atoms with Gasteiger partial charge >= 0.3 is 5.97 Å². The van der Waals surface area contributed by atoms with Crippen molar-refractivity contribution in [2.24, 2.45) is 0 Å². The molecular formula is C22H30O4. The summed E-state index contributed by atoms with van der Waals surface area (Å²) < 4.78 is 10.5. The second kappa shape index (κ2) is 8.93. The van der Waals surface area contributed by atoms with Crippen LogP contribution in [0.5, 0.6) is 5.75 Å². The Balaban J connectivity index is 2.15. The number of carbonyl (C=O) groups excluding carboxylic acids is 1. The van der Waals surface area contributed by atoms with Gasteiger partial charge in [-0.1, -0.05) is 52.5 Å². The lowest BCUT2D eigenvalue weighted by molar-refractivity contribution is 0.0491. The normalized spacial score (nSPS) is 11.5. The Morgan fingerprint density at radius 3 is 2.54 bits per heavy atom. The summed E-state index contributed by atoms with van der Waals surface area (Å²) in [6, 6.07) is 8.94. The standard InChI is InChI=1S/C22H30O4/c1-5-7-8-9-14-22(3,4)16-10-11-17(18(23)15-16)19-12-13-20(26-19)21(24)25-6-2/h10-13,15,23H,5-9,14H2,1-4H3. The number of benzene rings is 1. The zero-order valence-corrected chi connectivity index (χ0v) is 16.3. The smallest absolute Gasteiger partial charge is 0.374 e. The van der Waals surface area contributed by atoms with E-state index in [-0.39, 0.29) is 16.9 Å². The second-order valence-electron chi connectivity index (χ2n) is 7.31. The van der Waals surface area contributed by atoms with Crippen LogP contribution in [0.1, 0.15) is 75.9 Å². The fourth-order valence-corrected chi connectivity index (χ4v) is 3.09. The van der Waals surface area contributed by atoms with Crippen molar-refractivity contribution in [3.8, 4) is 17.1 Å². The van der Waals surface area contributed by atoms with E-state index in [4.69, 9.17) is 9.15 Å². The molecule has 4 nitrogen and oxygen atoms in total. The van der Waals surface area contributed by atoms with Gasteiger partial charge < -0.3 is 14.3 Å². The van der Waals surface area contributed by atoms with E-state index in [9.17, 15) is 9.90 Å². The third kappa shape index (κ3) is 4.90. The molecule has 4 heteroatoms. The van der Waals surface area contributed by atoms with Crippen molar-refractivity contribution < 1.29 is 19.1 Å². The summed E-state index contributed by atoms with van der Waals surface area (Å²) in [4.78, 5) is 11.7. The third-order valence-corrected chi connectivity index (χ3v) is 4.78. The van der Waals surface area contributed by atoms with Gasteiger partial charge in [0.2, 0.25) is 5.76 Å². The van der Waals surface area contributed by atoms with E-state index in [2.05, 4.69) is 20.8 Å². The van der Waals surface area contributed by atoms with Crippen LogP contribution in [0.4, 0.5) is 0 Å². The summed E-state index contributed by atoms with van der Waals surface area (Å²) in [5, 5.41) is 10.5. The predicted molar refractivity (Wildman–Crippen MR) is 104 cm³/mol. The first-order valence-corrected chi connectivity index (χ1v) is 9.50. The average molecular weight is 358 g/mol. The number of hydrogen-bond acceptors (Lipinski definition) is 4. The molecular weight excluding hydrogens is 328 g/mol. The van der Waals surface area contributed by atoms with Gasteiger partial charge in [0.1, 0.15) is 11.5 Å². The third-order valence-electron chi connectivity index (χ3n) is 4.78. The van der Waals surface area contributed by atoms with Gasteiger partial charge in [-0.2, -0.15) is 0 Å². The van der Waals surface area contributed by atoms with E-state index >= 15 is 0 Å². The molecule has 2 rings (SSSR count).